The number of benzene rings is 2. The fraction of sp³-hybridized carbons (Fsp3) is 0.0952. The molecule has 0 aliphatic heterocycles. The number of hydrogen-bond acceptors (Lipinski definition) is 5. The summed E-state index contributed by atoms with van der Waals surface area (Å²) in [7, 11) is -2.30. The molecule has 2 heterocycles. The number of rotatable bonds is 5. The van der Waals surface area contributed by atoms with Crippen LogP contribution in [0.4, 0.5) is 11.4 Å². The molecule has 0 atom stereocenters. The monoisotopic (exact) mass is 421 g/mol. The topological polar surface area (TPSA) is 96.7 Å². The zero-order chi connectivity index (χ0) is 21.3. The highest BCUT2D eigenvalue weighted by Crippen LogP contribution is 2.24. The fourth-order valence-corrected chi connectivity index (χ4v) is 4.37. The van der Waals surface area contributed by atoms with Crippen LogP contribution in [0.15, 0.2) is 78.0 Å². The first-order valence-corrected chi connectivity index (χ1v) is 10.6. The molecule has 0 spiro atoms. The van der Waals surface area contributed by atoms with Crippen LogP contribution in [0.5, 0.6) is 0 Å². The first kappa shape index (κ1) is 19.6. The maximum Gasteiger partial charge on any atom is 0.264 e. The molecule has 30 heavy (non-hydrogen) atoms. The molecule has 2 aromatic heterocycles. The Balaban J connectivity index is 1.64. The highest BCUT2D eigenvalue weighted by molar-refractivity contribution is 7.92. The Morgan fingerprint density at radius 1 is 1.07 bits per heavy atom. The van der Waals surface area contributed by atoms with E-state index in [1.165, 1.54) is 28.0 Å². The van der Waals surface area contributed by atoms with E-state index in [0.29, 0.717) is 28.3 Å². The van der Waals surface area contributed by atoms with Crippen LogP contribution in [0.25, 0.3) is 5.65 Å². The predicted octanol–water partition coefficient (Wildman–Crippen LogP) is 3.12. The number of nitrogens with zero attached hydrogens (tertiary/aromatic N) is 4. The van der Waals surface area contributed by atoms with Crippen molar-refractivity contribution in [2.75, 3.05) is 16.7 Å². The van der Waals surface area contributed by atoms with E-state index >= 15 is 0 Å². The van der Waals surface area contributed by atoms with Crippen molar-refractivity contribution < 1.29 is 13.2 Å². The molecule has 1 amide bonds. The maximum absolute atomic E-state index is 13.0. The second kappa shape index (κ2) is 7.60. The Kier molecular flexibility index (Phi) is 4.96. The van der Waals surface area contributed by atoms with Gasteiger partial charge in [-0.05, 0) is 43.3 Å². The summed E-state index contributed by atoms with van der Waals surface area (Å²) in [5.41, 5.74) is 2.20. The van der Waals surface area contributed by atoms with Crippen LogP contribution >= 0.6 is 0 Å². The van der Waals surface area contributed by atoms with Crippen LogP contribution in [0.3, 0.4) is 0 Å². The van der Waals surface area contributed by atoms with E-state index in [1.54, 1.807) is 61.8 Å². The lowest BCUT2D eigenvalue weighted by Gasteiger charge is -2.19. The van der Waals surface area contributed by atoms with Crippen molar-refractivity contribution in [2.24, 2.45) is 0 Å². The minimum atomic E-state index is -3.79. The molecule has 8 nitrogen and oxygen atoms in total. The quantitative estimate of drug-likeness (QED) is 0.534. The van der Waals surface area contributed by atoms with E-state index in [0.717, 1.165) is 0 Å². The van der Waals surface area contributed by atoms with E-state index in [4.69, 9.17) is 0 Å². The average molecular weight is 421 g/mol. The summed E-state index contributed by atoms with van der Waals surface area (Å²) in [6.07, 6.45) is 3.29. The number of amides is 1. The minimum absolute atomic E-state index is 0.0707. The third-order valence-electron chi connectivity index (χ3n) is 4.67. The first-order chi connectivity index (χ1) is 14.4. The summed E-state index contributed by atoms with van der Waals surface area (Å²) in [5, 5.41) is 7.03. The molecule has 1 N–H and O–H groups in total. The van der Waals surface area contributed by atoms with Gasteiger partial charge in [0.1, 0.15) is 5.56 Å². The van der Waals surface area contributed by atoms with Gasteiger partial charge in [-0.25, -0.2) is 17.9 Å². The molecule has 0 saturated heterocycles. The standard InChI is InChI=1S/C21H19N5O3S/c1-15-19(20-22-12-7-13-26(20)24-15)21(27)23-16-8-6-11-18(14-16)30(28,29)25(2)17-9-4-3-5-10-17/h3-14H,1-2H3,(H,23,27). The van der Waals surface area contributed by atoms with E-state index in [-0.39, 0.29) is 4.90 Å². The van der Waals surface area contributed by atoms with Crippen LogP contribution in [-0.2, 0) is 10.0 Å². The Bertz CT molecular complexity index is 1330. The minimum Gasteiger partial charge on any atom is -0.322 e. The molecule has 4 rings (SSSR count). The molecular formula is C21H19N5O3S. The third kappa shape index (κ3) is 3.50. The Labute approximate surface area is 173 Å². The van der Waals surface area contributed by atoms with Gasteiger partial charge < -0.3 is 5.32 Å². The Hall–Kier alpha value is -3.72. The van der Waals surface area contributed by atoms with Gasteiger partial charge >= 0.3 is 0 Å². The number of aromatic nitrogens is 3. The van der Waals surface area contributed by atoms with E-state index in [2.05, 4.69) is 15.4 Å². The van der Waals surface area contributed by atoms with Crippen LogP contribution in [-0.4, -0.2) is 36.0 Å². The number of nitrogens with one attached hydrogen (secondary N) is 1. The maximum atomic E-state index is 13.0. The highest BCUT2D eigenvalue weighted by Gasteiger charge is 2.23. The van der Waals surface area contributed by atoms with Crippen molar-refractivity contribution in [3.63, 3.8) is 0 Å². The number of hydrogen-bond donors (Lipinski definition) is 1. The van der Waals surface area contributed by atoms with Gasteiger partial charge in [0, 0.05) is 25.1 Å². The molecule has 0 saturated carbocycles. The summed E-state index contributed by atoms with van der Waals surface area (Å²) in [6.45, 7) is 1.72. The summed E-state index contributed by atoms with van der Waals surface area (Å²) >= 11 is 0. The lowest BCUT2D eigenvalue weighted by atomic mass is 10.2. The van der Waals surface area contributed by atoms with Gasteiger partial charge in [0.15, 0.2) is 5.65 Å². The number of para-hydroxylation sites is 1. The summed E-state index contributed by atoms with van der Waals surface area (Å²) < 4.78 is 28.8. The SMILES string of the molecule is Cc1nn2cccnc2c1C(=O)Nc1cccc(S(=O)(=O)N(C)c2ccccc2)c1. The molecule has 9 heteroatoms. The summed E-state index contributed by atoms with van der Waals surface area (Å²) in [5.74, 6) is -0.410. The van der Waals surface area contributed by atoms with Gasteiger partial charge in [0.2, 0.25) is 0 Å². The van der Waals surface area contributed by atoms with E-state index < -0.39 is 15.9 Å². The first-order valence-electron chi connectivity index (χ1n) is 9.13. The van der Waals surface area contributed by atoms with E-state index in [9.17, 15) is 13.2 Å². The molecule has 4 aromatic rings. The molecule has 0 unspecified atom stereocenters. The van der Waals surface area contributed by atoms with Gasteiger partial charge in [0.05, 0.1) is 16.3 Å². The number of sulfonamides is 1. The van der Waals surface area contributed by atoms with Crippen molar-refractivity contribution in [3.05, 3.63) is 84.3 Å². The largest absolute Gasteiger partial charge is 0.322 e. The van der Waals surface area contributed by atoms with Gasteiger partial charge in [0.25, 0.3) is 15.9 Å². The van der Waals surface area contributed by atoms with Crippen molar-refractivity contribution in [2.45, 2.75) is 11.8 Å². The second-order valence-corrected chi connectivity index (χ2v) is 8.61. The molecule has 0 aliphatic rings. The van der Waals surface area contributed by atoms with Crippen molar-refractivity contribution in [3.8, 4) is 0 Å². The number of fused-ring (bicyclic) bond motifs is 1. The predicted molar refractivity (Wildman–Crippen MR) is 114 cm³/mol. The Morgan fingerprint density at radius 3 is 2.60 bits per heavy atom. The lowest BCUT2D eigenvalue weighted by Crippen LogP contribution is -2.26. The van der Waals surface area contributed by atoms with Gasteiger partial charge in [-0.15, -0.1) is 0 Å². The van der Waals surface area contributed by atoms with Crippen molar-refractivity contribution >= 4 is 33.0 Å². The highest BCUT2D eigenvalue weighted by atomic mass is 32.2. The molecule has 152 valence electrons. The average Bonchev–Trinajstić information content (AvgIpc) is 3.09. The second-order valence-electron chi connectivity index (χ2n) is 6.64. The van der Waals surface area contributed by atoms with Crippen LogP contribution in [0.1, 0.15) is 16.1 Å². The molecule has 2 aromatic carbocycles. The molecule has 0 aliphatic carbocycles. The summed E-state index contributed by atoms with van der Waals surface area (Å²) in [6, 6.07) is 16.6. The van der Waals surface area contributed by atoms with Crippen LogP contribution in [0.2, 0.25) is 0 Å². The van der Waals surface area contributed by atoms with Gasteiger partial charge in [-0.3, -0.25) is 9.10 Å². The normalized spacial score (nSPS) is 11.4. The number of aryl methyl sites for hydroxylation is 1. The lowest BCUT2D eigenvalue weighted by molar-refractivity contribution is 0.102. The van der Waals surface area contributed by atoms with E-state index in [1.807, 2.05) is 6.07 Å². The fourth-order valence-electron chi connectivity index (χ4n) is 3.13. The zero-order valence-corrected chi connectivity index (χ0v) is 17.2. The number of carbonyl (C=O) groups is 1. The Morgan fingerprint density at radius 2 is 1.83 bits per heavy atom. The van der Waals surface area contributed by atoms with Crippen LogP contribution in [0, 0.1) is 6.92 Å². The van der Waals surface area contributed by atoms with Crippen LogP contribution < -0.4 is 9.62 Å². The smallest absolute Gasteiger partial charge is 0.264 e. The van der Waals surface area contributed by atoms with Gasteiger partial charge in [-0.1, -0.05) is 24.3 Å². The van der Waals surface area contributed by atoms with Crippen molar-refractivity contribution in [1.82, 2.24) is 14.6 Å². The molecule has 0 bridgehead atoms. The molecule has 0 radical (unpaired) electrons. The molecular weight excluding hydrogens is 402 g/mol. The molecule has 0 fully saturated rings. The zero-order valence-electron chi connectivity index (χ0n) is 16.4. The number of anilines is 2. The van der Waals surface area contributed by atoms with Crippen molar-refractivity contribution in [1.29, 1.82) is 0 Å². The van der Waals surface area contributed by atoms with Gasteiger partial charge in [-0.2, -0.15) is 5.10 Å². The number of carbonyl (C=O) groups excluding carboxylic acids is 1. The summed E-state index contributed by atoms with van der Waals surface area (Å²) in [4.78, 5) is 17.1. The third-order valence-corrected chi connectivity index (χ3v) is 6.45.